The second-order valence-electron chi connectivity index (χ2n) is 4.64. The Balaban J connectivity index is 2.07. The van der Waals surface area contributed by atoms with Crippen LogP contribution in [0.25, 0.3) is 9.88 Å². The largest absolute Gasteiger partial charge is 0.374 e. The summed E-state index contributed by atoms with van der Waals surface area (Å²) in [5.41, 5.74) is 6.87. The number of hydrogen-bond donors (Lipinski definition) is 1. The summed E-state index contributed by atoms with van der Waals surface area (Å²) in [5.74, 6) is 1.11. The van der Waals surface area contributed by atoms with E-state index in [4.69, 9.17) is 10.7 Å². The van der Waals surface area contributed by atoms with Crippen molar-refractivity contribution in [3.05, 3.63) is 10.7 Å². The van der Waals surface area contributed by atoms with Crippen molar-refractivity contribution in [2.75, 3.05) is 5.73 Å². The molecule has 0 amide bonds. The Hall–Kier alpha value is -1.01. The molecule has 1 saturated carbocycles. The van der Waals surface area contributed by atoms with Crippen LogP contribution < -0.4 is 5.73 Å². The minimum Gasteiger partial charge on any atom is -0.374 e. The third-order valence-electron chi connectivity index (χ3n) is 2.76. The molecule has 2 N–H and O–H groups in total. The van der Waals surface area contributed by atoms with Crippen molar-refractivity contribution in [3.63, 3.8) is 0 Å². The van der Waals surface area contributed by atoms with Crippen LogP contribution in [0.15, 0.2) is 0 Å². The average Bonchev–Trinajstić information content (AvgIpc) is 2.88. The molecule has 0 atom stereocenters. The molecule has 2 heterocycles. The Morgan fingerprint density at radius 1 is 1.24 bits per heavy atom. The summed E-state index contributed by atoms with van der Waals surface area (Å²) in [6.45, 7) is 4.35. The maximum Gasteiger partial charge on any atom is 0.203 e. The molecule has 2 aromatic rings. The third-order valence-corrected chi connectivity index (χ3v) is 5.04. The van der Waals surface area contributed by atoms with E-state index in [2.05, 4.69) is 24.0 Å². The van der Waals surface area contributed by atoms with Gasteiger partial charge in [0.05, 0.1) is 15.6 Å². The molecule has 6 heteroatoms. The predicted octanol–water partition coefficient (Wildman–Crippen LogP) is 3.24. The average molecular weight is 266 g/mol. The summed E-state index contributed by atoms with van der Waals surface area (Å²) in [4.78, 5) is 5.96. The first-order valence-electron chi connectivity index (χ1n) is 5.75. The van der Waals surface area contributed by atoms with Crippen molar-refractivity contribution >= 4 is 27.8 Å². The summed E-state index contributed by atoms with van der Waals surface area (Å²) in [7, 11) is 0. The lowest BCUT2D eigenvalue weighted by molar-refractivity contribution is 0.839. The first-order valence-corrected chi connectivity index (χ1v) is 7.38. The molecule has 2 aromatic heterocycles. The third kappa shape index (κ3) is 2.07. The highest BCUT2D eigenvalue weighted by atomic mass is 32.1. The molecule has 0 aromatic carbocycles. The van der Waals surface area contributed by atoms with Crippen molar-refractivity contribution < 1.29 is 0 Å². The summed E-state index contributed by atoms with van der Waals surface area (Å²) in [6.07, 6.45) is 2.51. The molecule has 0 spiro atoms. The Bertz CT molecular complexity index is 539. The summed E-state index contributed by atoms with van der Waals surface area (Å²) in [5, 5.41) is 10.7. The van der Waals surface area contributed by atoms with Gasteiger partial charge in [0.1, 0.15) is 0 Å². The molecule has 3 rings (SSSR count). The van der Waals surface area contributed by atoms with Gasteiger partial charge >= 0.3 is 0 Å². The van der Waals surface area contributed by atoms with Crippen molar-refractivity contribution in [2.45, 2.75) is 38.5 Å². The van der Waals surface area contributed by atoms with Crippen molar-refractivity contribution in [1.29, 1.82) is 0 Å². The number of rotatable bonds is 3. The topological polar surface area (TPSA) is 64.7 Å². The minimum absolute atomic E-state index is 0.469. The van der Waals surface area contributed by atoms with Crippen LogP contribution in [0.4, 0.5) is 5.13 Å². The van der Waals surface area contributed by atoms with Gasteiger partial charge in [0.15, 0.2) is 5.01 Å². The molecule has 4 nitrogen and oxygen atoms in total. The van der Waals surface area contributed by atoms with E-state index in [1.807, 2.05) is 0 Å². The van der Waals surface area contributed by atoms with Crippen molar-refractivity contribution in [2.24, 2.45) is 0 Å². The van der Waals surface area contributed by atoms with Crippen LogP contribution in [0.1, 0.15) is 49.2 Å². The summed E-state index contributed by atoms with van der Waals surface area (Å²) in [6, 6.07) is 0. The van der Waals surface area contributed by atoms with E-state index in [0.29, 0.717) is 17.0 Å². The lowest BCUT2D eigenvalue weighted by atomic mass is 10.2. The minimum atomic E-state index is 0.469. The van der Waals surface area contributed by atoms with Gasteiger partial charge in [-0.05, 0) is 12.8 Å². The Labute approximate surface area is 108 Å². The molecule has 0 radical (unpaired) electrons. The molecule has 0 bridgehead atoms. The van der Waals surface area contributed by atoms with E-state index in [1.54, 1.807) is 11.3 Å². The van der Waals surface area contributed by atoms with E-state index in [9.17, 15) is 0 Å². The van der Waals surface area contributed by atoms with E-state index in [-0.39, 0.29) is 0 Å². The van der Waals surface area contributed by atoms with Crippen molar-refractivity contribution in [3.8, 4) is 9.88 Å². The lowest BCUT2D eigenvalue weighted by Crippen LogP contribution is -1.87. The maximum atomic E-state index is 5.65. The molecule has 1 aliphatic rings. The van der Waals surface area contributed by atoms with Gasteiger partial charge in [0.2, 0.25) is 5.13 Å². The highest BCUT2D eigenvalue weighted by molar-refractivity contribution is 7.23. The molecule has 17 heavy (non-hydrogen) atoms. The van der Waals surface area contributed by atoms with Crippen LogP contribution in [0, 0.1) is 0 Å². The SMILES string of the molecule is CC(C)c1nc(C2CC2)c(-c2nnc(N)s2)s1. The summed E-state index contributed by atoms with van der Waals surface area (Å²) >= 11 is 3.19. The van der Waals surface area contributed by atoms with Crippen LogP contribution in [0.5, 0.6) is 0 Å². The fourth-order valence-electron chi connectivity index (χ4n) is 1.71. The smallest absolute Gasteiger partial charge is 0.203 e. The quantitative estimate of drug-likeness (QED) is 0.926. The van der Waals surface area contributed by atoms with Crippen LogP contribution in [0.3, 0.4) is 0 Å². The first kappa shape index (κ1) is 11.1. The fourth-order valence-corrected chi connectivity index (χ4v) is 3.55. The molecule has 0 unspecified atom stereocenters. The molecule has 90 valence electrons. The predicted molar refractivity (Wildman–Crippen MR) is 71.5 cm³/mol. The Morgan fingerprint density at radius 3 is 2.53 bits per heavy atom. The van der Waals surface area contributed by atoms with Gasteiger partial charge in [0, 0.05) is 11.8 Å². The highest BCUT2D eigenvalue weighted by Crippen LogP contribution is 2.47. The van der Waals surface area contributed by atoms with E-state index < -0.39 is 0 Å². The number of nitrogens with zero attached hydrogens (tertiary/aromatic N) is 3. The first-order chi connectivity index (χ1) is 8.15. The van der Waals surface area contributed by atoms with Gasteiger partial charge in [0.25, 0.3) is 0 Å². The number of thiazole rings is 1. The highest BCUT2D eigenvalue weighted by Gasteiger charge is 2.31. The zero-order chi connectivity index (χ0) is 12.0. The zero-order valence-corrected chi connectivity index (χ0v) is 11.4. The van der Waals surface area contributed by atoms with E-state index >= 15 is 0 Å². The molecule has 0 saturated heterocycles. The van der Waals surface area contributed by atoms with Gasteiger partial charge in [-0.2, -0.15) is 0 Å². The van der Waals surface area contributed by atoms with Crippen LogP contribution in [-0.2, 0) is 0 Å². The van der Waals surface area contributed by atoms with Crippen molar-refractivity contribution in [1.82, 2.24) is 15.2 Å². The summed E-state index contributed by atoms with van der Waals surface area (Å²) < 4.78 is 0. The normalized spacial score (nSPS) is 15.7. The molecule has 1 fully saturated rings. The van der Waals surface area contributed by atoms with Crippen LogP contribution in [0.2, 0.25) is 0 Å². The second kappa shape index (κ2) is 4.03. The number of aromatic nitrogens is 3. The van der Waals surface area contributed by atoms with Gasteiger partial charge in [-0.3, -0.25) is 0 Å². The molecular formula is C11H14N4S2. The number of nitrogen functional groups attached to an aromatic ring is 1. The van der Waals surface area contributed by atoms with E-state index in [1.165, 1.54) is 39.8 Å². The van der Waals surface area contributed by atoms with Gasteiger partial charge in [-0.15, -0.1) is 21.5 Å². The lowest BCUT2D eigenvalue weighted by Gasteiger charge is -1.95. The maximum absolute atomic E-state index is 5.65. The van der Waals surface area contributed by atoms with E-state index in [0.717, 1.165) is 5.01 Å². The number of nitrogens with two attached hydrogens (primary N) is 1. The van der Waals surface area contributed by atoms with Crippen LogP contribution >= 0.6 is 22.7 Å². The molecule has 0 aliphatic heterocycles. The molecule has 1 aliphatic carbocycles. The zero-order valence-electron chi connectivity index (χ0n) is 9.80. The van der Waals surface area contributed by atoms with Gasteiger partial charge in [-0.1, -0.05) is 25.2 Å². The fraction of sp³-hybridized carbons (Fsp3) is 0.545. The number of anilines is 1. The van der Waals surface area contributed by atoms with Crippen LogP contribution in [-0.4, -0.2) is 15.2 Å². The number of hydrogen-bond acceptors (Lipinski definition) is 6. The van der Waals surface area contributed by atoms with Gasteiger partial charge in [-0.25, -0.2) is 4.98 Å². The monoisotopic (exact) mass is 266 g/mol. The standard InChI is InChI=1S/C11H14N4S2/c1-5(2)9-13-7(6-3-4-6)8(16-9)10-14-15-11(12)17-10/h5-6H,3-4H2,1-2H3,(H2,12,15). The Kier molecular flexibility index (Phi) is 2.63. The van der Waals surface area contributed by atoms with Gasteiger partial charge < -0.3 is 5.73 Å². The second-order valence-corrected chi connectivity index (χ2v) is 6.68. The Morgan fingerprint density at radius 2 is 2.00 bits per heavy atom. The molecular weight excluding hydrogens is 252 g/mol.